The van der Waals surface area contributed by atoms with Gasteiger partial charge in [-0.05, 0) is 22.8 Å². The van der Waals surface area contributed by atoms with Crippen molar-refractivity contribution in [2.24, 2.45) is 0 Å². The van der Waals surface area contributed by atoms with Crippen molar-refractivity contribution in [1.29, 1.82) is 0 Å². The standard InChI is InChI=1S/C25H24N2O9S/c1-35-23(30)25(18-10-6-3-7-11-18,15-36-24(31)27-21(22(28)29)37(32,33)34)19-13-12-17(14-20(19)26)16-8-4-2-5-9-16/h2-14,21H,15,26H2,1H3,(H,27,31)(H,28,29)(H,32,33,34). The molecule has 0 spiro atoms. The van der Waals surface area contributed by atoms with Crippen LogP contribution in [0.5, 0.6) is 0 Å². The minimum Gasteiger partial charge on any atom is -0.479 e. The van der Waals surface area contributed by atoms with Crippen LogP contribution < -0.4 is 11.1 Å². The molecule has 11 nitrogen and oxygen atoms in total. The van der Waals surface area contributed by atoms with Gasteiger partial charge >= 0.3 is 18.0 Å². The molecule has 194 valence electrons. The van der Waals surface area contributed by atoms with Crippen molar-refractivity contribution in [1.82, 2.24) is 5.32 Å². The molecule has 2 atom stereocenters. The first-order chi connectivity index (χ1) is 17.5. The minimum atomic E-state index is -5.20. The molecule has 1 amide bonds. The summed E-state index contributed by atoms with van der Waals surface area (Å²) >= 11 is 0. The number of carboxylic acid groups (broad SMARTS) is 1. The first-order valence-electron chi connectivity index (χ1n) is 10.7. The number of anilines is 1. The number of nitrogen functional groups attached to an aromatic ring is 1. The summed E-state index contributed by atoms with van der Waals surface area (Å²) in [5.74, 6) is -2.89. The third-order valence-corrected chi connectivity index (χ3v) is 6.52. The van der Waals surface area contributed by atoms with Gasteiger partial charge in [0, 0.05) is 11.3 Å². The number of amides is 1. The maximum atomic E-state index is 13.3. The van der Waals surface area contributed by atoms with Gasteiger partial charge in [-0.3, -0.25) is 14.7 Å². The van der Waals surface area contributed by atoms with Gasteiger partial charge in [0.2, 0.25) is 0 Å². The lowest BCUT2D eigenvalue weighted by molar-refractivity contribution is -0.147. The van der Waals surface area contributed by atoms with Crippen molar-refractivity contribution in [2.75, 3.05) is 19.5 Å². The fourth-order valence-corrected chi connectivity index (χ4v) is 4.35. The third-order valence-electron chi connectivity index (χ3n) is 5.61. The second-order valence-corrected chi connectivity index (χ2v) is 9.39. The zero-order chi connectivity index (χ0) is 27.2. The number of nitrogens with two attached hydrogens (primary N) is 1. The number of ether oxygens (including phenoxy) is 2. The predicted octanol–water partition coefficient (Wildman–Crippen LogP) is 2.42. The smallest absolute Gasteiger partial charge is 0.408 e. The highest BCUT2D eigenvalue weighted by molar-refractivity contribution is 7.87. The maximum Gasteiger partial charge on any atom is 0.408 e. The van der Waals surface area contributed by atoms with Crippen LogP contribution in [0.4, 0.5) is 10.5 Å². The van der Waals surface area contributed by atoms with Gasteiger partial charge in [0.25, 0.3) is 15.5 Å². The molecule has 0 aliphatic rings. The van der Waals surface area contributed by atoms with Crippen LogP contribution in [-0.2, 0) is 34.6 Å². The summed E-state index contributed by atoms with van der Waals surface area (Å²) in [6.07, 6.45) is -1.52. The molecule has 0 bridgehead atoms. The number of carboxylic acids is 1. The molecule has 0 fully saturated rings. The van der Waals surface area contributed by atoms with E-state index >= 15 is 0 Å². The van der Waals surface area contributed by atoms with E-state index in [-0.39, 0.29) is 11.3 Å². The lowest BCUT2D eigenvalue weighted by Crippen LogP contribution is -2.49. The Morgan fingerprint density at radius 3 is 2.08 bits per heavy atom. The molecule has 3 rings (SSSR count). The van der Waals surface area contributed by atoms with Crippen molar-refractivity contribution < 1.29 is 41.9 Å². The van der Waals surface area contributed by atoms with Crippen LogP contribution in [0.15, 0.2) is 78.9 Å². The largest absolute Gasteiger partial charge is 0.479 e. The molecule has 0 radical (unpaired) electrons. The molecule has 0 aromatic heterocycles. The second kappa shape index (κ2) is 11.1. The topological polar surface area (TPSA) is 182 Å². The molecule has 0 saturated heterocycles. The van der Waals surface area contributed by atoms with Gasteiger partial charge < -0.3 is 20.3 Å². The Morgan fingerprint density at radius 1 is 0.973 bits per heavy atom. The van der Waals surface area contributed by atoms with Gasteiger partial charge in [0.05, 0.1) is 7.11 Å². The van der Waals surface area contributed by atoms with Gasteiger partial charge in [0.1, 0.15) is 6.61 Å². The number of hydrogen-bond donors (Lipinski definition) is 4. The highest BCUT2D eigenvalue weighted by atomic mass is 32.2. The van der Waals surface area contributed by atoms with Crippen molar-refractivity contribution in [3.63, 3.8) is 0 Å². The summed E-state index contributed by atoms with van der Waals surface area (Å²) < 4.78 is 41.9. The number of carbonyl (C=O) groups excluding carboxylic acids is 2. The molecular formula is C25H24N2O9S. The van der Waals surface area contributed by atoms with Gasteiger partial charge in [-0.25, -0.2) is 9.59 Å². The normalized spacial score (nSPS) is 13.6. The molecule has 12 heteroatoms. The predicted molar refractivity (Wildman–Crippen MR) is 133 cm³/mol. The van der Waals surface area contributed by atoms with Crippen LogP contribution in [0.25, 0.3) is 11.1 Å². The third kappa shape index (κ3) is 5.88. The molecule has 5 N–H and O–H groups in total. The maximum absolute atomic E-state index is 13.3. The van der Waals surface area contributed by atoms with Crippen molar-refractivity contribution in [3.8, 4) is 11.1 Å². The number of rotatable bonds is 9. The zero-order valence-corrected chi connectivity index (χ0v) is 20.3. The number of carbonyl (C=O) groups is 3. The van der Waals surface area contributed by atoms with Crippen LogP contribution in [0.3, 0.4) is 0 Å². The summed E-state index contributed by atoms with van der Waals surface area (Å²) in [5, 5.41) is 7.90. The van der Waals surface area contributed by atoms with Gasteiger partial charge in [0.15, 0.2) is 5.41 Å². The average Bonchev–Trinajstić information content (AvgIpc) is 2.88. The zero-order valence-electron chi connectivity index (χ0n) is 19.5. The van der Waals surface area contributed by atoms with E-state index in [1.54, 1.807) is 53.8 Å². The lowest BCUT2D eigenvalue weighted by atomic mass is 9.74. The Bertz CT molecular complexity index is 1400. The Kier molecular flexibility index (Phi) is 8.15. The summed E-state index contributed by atoms with van der Waals surface area (Å²) in [6, 6.07) is 22.4. The average molecular weight is 529 g/mol. The molecule has 0 saturated carbocycles. The molecule has 0 heterocycles. The van der Waals surface area contributed by atoms with Gasteiger partial charge in [-0.2, -0.15) is 8.42 Å². The second-order valence-electron chi connectivity index (χ2n) is 7.88. The number of methoxy groups -OCH3 is 1. The van der Waals surface area contributed by atoms with E-state index in [2.05, 4.69) is 0 Å². The Morgan fingerprint density at radius 2 is 1.57 bits per heavy atom. The molecule has 3 aromatic rings. The SMILES string of the molecule is COC(=O)C(COC(=O)NC(C(=O)O)S(=O)(=O)O)(c1ccccc1)c1ccc(-c2ccccc2)cc1N. The van der Waals surface area contributed by atoms with E-state index in [4.69, 9.17) is 24.9 Å². The van der Waals surface area contributed by atoms with Crippen molar-refractivity contribution in [2.45, 2.75) is 10.8 Å². The number of esters is 1. The molecule has 3 aromatic carbocycles. The van der Waals surface area contributed by atoms with Crippen molar-refractivity contribution >= 4 is 33.8 Å². The number of hydrogen-bond acceptors (Lipinski definition) is 8. The Balaban J connectivity index is 2.08. The lowest BCUT2D eigenvalue weighted by Gasteiger charge is -2.32. The van der Waals surface area contributed by atoms with Crippen molar-refractivity contribution in [3.05, 3.63) is 90.0 Å². The van der Waals surface area contributed by atoms with Crippen LogP contribution >= 0.6 is 0 Å². The Hall–Kier alpha value is -4.42. The van der Waals surface area contributed by atoms with E-state index in [1.165, 1.54) is 0 Å². The van der Waals surface area contributed by atoms with E-state index in [9.17, 15) is 22.8 Å². The van der Waals surface area contributed by atoms with Crippen LogP contribution in [0.2, 0.25) is 0 Å². The molecule has 37 heavy (non-hydrogen) atoms. The van der Waals surface area contributed by atoms with Crippen LogP contribution in [0, 0.1) is 0 Å². The number of alkyl carbamates (subject to hydrolysis) is 1. The summed E-state index contributed by atoms with van der Waals surface area (Å²) in [6.45, 7) is -0.748. The monoisotopic (exact) mass is 528 g/mol. The first kappa shape index (κ1) is 27.2. The minimum absolute atomic E-state index is 0.168. The number of aliphatic carboxylic acids is 1. The number of benzene rings is 3. The van der Waals surface area contributed by atoms with Crippen LogP contribution in [0.1, 0.15) is 11.1 Å². The molecule has 0 aliphatic heterocycles. The highest BCUT2D eigenvalue weighted by Gasteiger charge is 2.46. The quantitative estimate of drug-likeness (QED) is 0.183. The van der Waals surface area contributed by atoms with E-state index < -0.39 is 45.5 Å². The van der Waals surface area contributed by atoms with E-state index in [0.29, 0.717) is 5.56 Å². The number of nitrogens with one attached hydrogen (secondary N) is 1. The van der Waals surface area contributed by atoms with Crippen LogP contribution in [-0.4, -0.2) is 55.2 Å². The fraction of sp³-hybridized carbons (Fsp3) is 0.160. The fourth-order valence-electron chi connectivity index (χ4n) is 3.85. The van der Waals surface area contributed by atoms with Gasteiger partial charge in [-0.1, -0.05) is 72.8 Å². The molecule has 0 aliphatic carbocycles. The van der Waals surface area contributed by atoms with E-state index in [1.807, 2.05) is 30.3 Å². The summed E-state index contributed by atoms with van der Waals surface area (Å²) in [5.41, 5.74) is 6.93. The van der Waals surface area contributed by atoms with Gasteiger partial charge in [-0.15, -0.1) is 0 Å². The summed E-state index contributed by atoms with van der Waals surface area (Å²) in [7, 11) is -4.07. The first-order valence-corrected chi connectivity index (χ1v) is 12.2. The highest BCUT2D eigenvalue weighted by Crippen LogP contribution is 2.39. The molecular weight excluding hydrogens is 504 g/mol. The molecule has 2 unspecified atom stereocenters. The van der Waals surface area contributed by atoms with E-state index in [0.717, 1.165) is 18.2 Å². The summed E-state index contributed by atoms with van der Waals surface area (Å²) in [4.78, 5) is 36.9. The Labute approximate surface area is 212 Å².